The van der Waals surface area contributed by atoms with E-state index in [1.165, 1.54) is 49.3 Å². The topological polar surface area (TPSA) is 15.3 Å². The molecule has 1 N–H and O–H groups in total. The van der Waals surface area contributed by atoms with Gasteiger partial charge in [-0.15, -0.1) is 11.8 Å². The molecule has 1 saturated carbocycles. The van der Waals surface area contributed by atoms with Gasteiger partial charge in [0.1, 0.15) is 0 Å². The van der Waals surface area contributed by atoms with Crippen LogP contribution in [0.5, 0.6) is 0 Å². The normalized spacial score (nSPS) is 16.3. The van der Waals surface area contributed by atoms with Crippen LogP contribution in [0.2, 0.25) is 0 Å². The van der Waals surface area contributed by atoms with Gasteiger partial charge in [0.25, 0.3) is 0 Å². The molecule has 0 atom stereocenters. The Labute approximate surface area is 147 Å². The summed E-state index contributed by atoms with van der Waals surface area (Å²) in [7, 11) is 0. The van der Waals surface area contributed by atoms with E-state index in [1.807, 2.05) is 11.8 Å². The first-order chi connectivity index (χ1) is 11.1. The van der Waals surface area contributed by atoms with Gasteiger partial charge in [0.05, 0.1) is 0 Å². The van der Waals surface area contributed by atoms with Crippen molar-refractivity contribution in [3.8, 4) is 0 Å². The minimum Gasteiger partial charge on any atom is -0.315 e. The van der Waals surface area contributed by atoms with Gasteiger partial charge in [-0.1, -0.05) is 31.0 Å². The minimum atomic E-state index is 0.292. The van der Waals surface area contributed by atoms with Crippen molar-refractivity contribution in [1.82, 2.24) is 10.2 Å². The molecule has 2 nitrogen and oxygen atoms in total. The number of thioether (sulfide) groups is 1. The number of rotatable bonds is 9. The van der Waals surface area contributed by atoms with E-state index in [-0.39, 0.29) is 0 Å². The van der Waals surface area contributed by atoms with Crippen molar-refractivity contribution in [1.29, 1.82) is 0 Å². The Morgan fingerprint density at radius 3 is 2.43 bits per heavy atom. The largest absolute Gasteiger partial charge is 0.315 e. The van der Waals surface area contributed by atoms with Crippen molar-refractivity contribution < 1.29 is 0 Å². The van der Waals surface area contributed by atoms with Crippen LogP contribution in [0.15, 0.2) is 35.2 Å². The van der Waals surface area contributed by atoms with Crippen LogP contribution in [0.4, 0.5) is 0 Å². The lowest BCUT2D eigenvalue weighted by atomic mass is 10.0. The Balaban J connectivity index is 1.58. The number of nitrogens with zero attached hydrogens (tertiary/aromatic N) is 1. The lowest BCUT2D eigenvalue weighted by molar-refractivity contribution is 0.0854. The maximum atomic E-state index is 3.64. The summed E-state index contributed by atoms with van der Waals surface area (Å²) in [5.74, 6) is 1.20. The zero-order chi connectivity index (χ0) is 16.5. The maximum Gasteiger partial charge on any atom is 0.0128 e. The third kappa shape index (κ3) is 6.86. The Morgan fingerprint density at radius 2 is 1.78 bits per heavy atom. The molecule has 1 aliphatic carbocycles. The molecule has 0 bridgehead atoms. The second kappa shape index (κ2) is 9.71. The highest BCUT2D eigenvalue weighted by Crippen LogP contribution is 2.28. The molecule has 1 aliphatic rings. The van der Waals surface area contributed by atoms with Crippen molar-refractivity contribution in [2.45, 2.75) is 69.4 Å². The highest BCUT2D eigenvalue weighted by molar-refractivity contribution is 7.99. The Hall–Kier alpha value is -0.510. The Bertz CT molecular complexity index is 421. The number of hydrogen-bond acceptors (Lipinski definition) is 3. The highest BCUT2D eigenvalue weighted by Gasteiger charge is 2.30. The molecule has 3 heteroatoms. The van der Waals surface area contributed by atoms with E-state index in [0.717, 1.165) is 19.1 Å². The third-order valence-corrected chi connectivity index (χ3v) is 5.76. The molecule has 1 fully saturated rings. The van der Waals surface area contributed by atoms with Gasteiger partial charge in [0, 0.05) is 29.6 Å². The monoisotopic (exact) mass is 334 g/mol. The van der Waals surface area contributed by atoms with Crippen molar-refractivity contribution in [3.63, 3.8) is 0 Å². The van der Waals surface area contributed by atoms with Gasteiger partial charge in [-0.2, -0.15) is 0 Å². The third-order valence-electron chi connectivity index (χ3n) is 4.67. The van der Waals surface area contributed by atoms with Crippen LogP contribution in [0.25, 0.3) is 0 Å². The van der Waals surface area contributed by atoms with Gasteiger partial charge in [-0.05, 0) is 64.5 Å². The highest BCUT2D eigenvalue weighted by atomic mass is 32.2. The molecule has 0 aliphatic heterocycles. The molecule has 2 rings (SSSR count). The van der Waals surface area contributed by atoms with Gasteiger partial charge < -0.3 is 5.32 Å². The van der Waals surface area contributed by atoms with Crippen LogP contribution >= 0.6 is 11.8 Å². The standard InChI is InChI=1S/C20H34N2S/c1-20(2,3)22(18-10-7-8-11-18)16-15-21-14-9-17-23-19-12-5-4-6-13-19/h4-6,12-13,18,21H,7-11,14-17H2,1-3H3. The summed E-state index contributed by atoms with van der Waals surface area (Å²) in [6.07, 6.45) is 6.86. The summed E-state index contributed by atoms with van der Waals surface area (Å²) in [6, 6.07) is 11.5. The fourth-order valence-electron chi connectivity index (χ4n) is 3.51. The Morgan fingerprint density at radius 1 is 1.09 bits per heavy atom. The summed E-state index contributed by atoms with van der Waals surface area (Å²) in [5.41, 5.74) is 0.292. The van der Waals surface area contributed by atoms with Gasteiger partial charge in [-0.3, -0.25) is 4.90 Å². The second-order valence-electron chi connectivity index (χ2n) is 7.57. The first kappa shape index (κ1) is 18.8. The van der Waals surface area contributed by atoms with E-state index in [1.54, 1.807) is 0 Å². The first-order valence-electron chi connectivity index (χ1n) is 9.23. The summed E-state index contributed by atoms with van der Waals surface area (Å²) < 4.78 is 0. The molecule has 0 saturated heterocycles. The lowest BCUT2D eigenvalue weighted by Crippen LogP contribution is -2.49. The minimum absolute atomic E-state index is 0.292. The molecule has 0 amide bonds. The van der Waals surface area contributed by atoms with Crippen molar-refractivity contribution >= 4 is 11.8 Å². The molecule has 0 aromatic heterocycles. The lowest BCUT2D eigenvalue weighted by Gasteiger charge is -2.40. The second-order valence-corrected chi connectivity index (χ2v) is 8.74. The van der Waals surface area contributed by atoms with Crippen LogP contribution in [-0.4, -0.2) is 41.9 Å². The van der Waals surface area contributed by atoms with E-state index in [2.05, 4.69) is 61.3 Å². The first-order valence-corrected chi connectivity index (χ1v) is 10.2. The Kier molecular flexibility index (Phi) is 7.94. The molecule has 1 aromatic carbocycles. The van der Waals surface area contributed by atoms with E-state index >= 15 is 0 Å². The van der Waals surface area contributed by atoms with Gasteiger partial charge in [0.2, 0.25) is 0 Å². The number of benzene rings is 1. The summed E-state index contributed by atoms with van der Waals surface area (Å²) in [4.78, 5) is 4.11. The number of nitrogens with one attached hydrogen (secondary N) is 1. The summed E-state index contributed by atoms with van der Waals surface area (Å²) >= 11 is 1.96. The molecule has 0 heterocycles. The van der Waals surface area contributed by atoms with Gasteiger partial charge in [-0.25, -0.2) is 0 Å². The zero-order valence-electron chi connectivity index (χ0n) is 15.2. The van der Waals surface area contributed by atoms with E-state index in [4.69, 9.17) is 0 Å². The predicted molar refractivity (Wildman–Crippen MR) is 103 cm³/mol. The number of hydrogen-bond donors (Lipinski definition) is 1. The molecule has 0 unspecified atom stereocenters. The van der Waals surface area contributed by atoms with Crippen LogP contribution < -0.4 is 5.32 Å². The molecule has 0 radical (unpaired) electrons. The average molecular weight is 335 g/mol. The molecule has 130 valence electrons. The fourth-order valence-corrected chi connectivity index (χ4v) is 4.38. The van der Waals surface area contributed by atoms with Crippen molar-refractivity contribution in [3.05, 3.63) is 30.3 Å². The van der Waals surface area contributed by atoms with Crippen LogP contribution in [0.3, 0.4) is 0 Å². The van der Waals surface area contributed by atoms with Crippen LogP contribution in [0.1, 0.15) is 52.9 Å². The quantitative estimate of drug-likeness (QED) is 0.516. The SMILES string of the molecule is CC(C)(C)N(CCNCCCSc1ccccc1)C1CCCC1. The van der Waals surface area contributed by atoms with E-state index in [0.29, 0.717) is 5.54 Å². The van der Waals surface area contributed by atoms with Crippen LogP contribution in [0, 0.1) is 0 Å². The van der Waals surface area contributed by atoms with Gasteiger partial charge in [0.15, 0.2) is 0 Å². The zero-order valence-corrected chi connectivity index (χ0v) is 16.0. The van der Waals surface area contributed by atoms with Crippen LogP contribution in [-0.2, 0) is 0 Å². The van der Waals surface area contributed by atoms with Crippen molar-refractivity contribution in [2.24, 2.45) is 0 Å². The average Bonchev–Trinajstić information content (AvgIpc) is 3.03. The van der Waals surface area contributed by atoms with Gasteiger partial charge >= 0.3 is 0 Å². The maximum absolute atomic E-state index is 3.64. The molecule has 0 spiro atoms. The smallest absolute Gasteiger partial charge is 0.0128 e. The molecule has 1 aromatic rings. The summed E-state index contributed by atoms with van der Waals surface area (Å²) in [5, 5.41) is 3.64. The van der Waals surface area contributed by atoms with E-state index in [9.17, 15) is 0 Å². The summed E-state index contributed by atoms with van der Waals surface area (Å²) in [6.45, 7) is 10.5. The van der Waals surface area contributed by atoms with Crippen molar-refractivity contribution in [2.75, 3.05) is 25.4 Å². The molecular formula is C20H34N2S. The predicted octanol–water partition coefficient (Wildman–Crippen LogP) is 4.80. The van der Waals surface area contributed by atoms with E-state index < -0.39 is 0 Å². The fraction of sp³-hybridized carbons (Fsp3) is 0.700. The molecule has 23 heavy (non-hydrogen) atoms. The molecular weight excluding hydrogens is 300 g/mol.